The average molecular weight is 150 g/mol. The summed E-state index contributed by atoms with van der Waals surface area (Å²) in [6, 6.07) is 0. The van der Waals surface area contributed by atoms with Crippen LogP contribution >= 0.6 is 11.6 Å². The molecule has 1 rings (SSSR count). The van der Waals surface area contributed by atoms with Crippen molar-refractivity contribution in [3.8, 4) is 0 Å². The van der Waals surface area contributed by atoms with Gasteiger partial charge in [0, 0.05) is 5.41 Å². The monoisotopic (exact) mass is 149 g/mol. The lowest BCUT2D eigenvalue weighted by Gasteiger charge is -1.80. The predicted octanol–water partition coefficient (Wildman–Crippen LogP) is 1.20. The summed E-state index contributed by atoms with van der Waals surface area (Å²) in [5.74, 6) is 0. The molecule has 1 unspecified atom stereocenters. The molecular weight excluding hydrogens is 146 g/mol. The molecule has 1 aliphatic rings. The van der Waals surface area contributed by atoms with Crippen molar-refractivity contribution in [3.63, 3.8) is 0 Å². The summed E-state index contributed by atoms with van der Waals surface area (Å²) in [5.41, 5.74) is 0.657. The molecule has 0 aliphatic carbocycles. The summed E-state index contributed by atoms with van der Waals surface area (Å²) in [6.45, 7) is 1.73. The summed E-state index contributed by atoms with van der Waals surface area (Å²) in [7, 11) is -1.19. The Hall–Kier alpha value is -0.150. The zero-order valence-electron chi connectivity index (χ0n) is 4.22. The van der Waals surface area contributed by atoms with Crippen molar-refractivity contribution in [2.75, 3.05) is 0 Å². The molecule has 2 nitrogen and oxygen atoms in total. The summed E-state index contributed by atoms with van der Waals surface area (Å²) >= 11 is 5.49. The van der Waals surface area contributed by atoms with E-state index in [2.05, 4.69) is 4.40 Å². The van der Waals surface area contributed by atoms with Gasteiger partial charge in [-0.25, -0.2) is 4.21 Å². The van der Waals surface area contributed by atoms with Gasteiger partial charge >= 0.3 is 0 Å². The lowest BCUT2D eigenvalue weighted by atomic mass is 10.4. The van der Waals surface area contributed by atoms with E-state index in [-0.39, 0.29) is 0 Å². The average Bonchev–Trinajstić information content (AvgIpc) is 1.85. The highest BCUT2D eigenvalue weighted by atomic mass is 35.5. The van der Waals surface area contributed by atoms with Crippen molar-refractivity contribution in [1.82, 2.24) is 0 Å². The topological polar surface area (TPSA) is 29.4 Å². The van der Waals surface area contributed by atoms with Gasteiger partial charge in [0.25, 0.3) is 0 Å². The molecule has 0 N–H and O–H groups in total. The first-order valence-electron chi connectivity index (χ1n) is 2.04. The van der Waals surface area contributed by atoms with Gasteiger partial charge in [0.15, 0.2) is 11.0 Å². The Morgan fingerprint density at radius 2 is 2.50 bits per heavy atom. The Morgan fingerprint density at radius 1 is 1.88 bits per heavy atom. The number of hydrogen-bond donors (Lipinski definition) is 0. The Morgan fingerprint density at radius 3 is 2.62 bits per heavy atom. The van der Waals surface area contributed by atoms with Crippen molar-refractivity contribution in [1.29, 1.82) is 0 Å². The molecule has 1 aliphatic heterocycles. The Labute approximate surface area is 54.8 Å². The van der Waals surface area contributed by atoms with Crippen molar-refractivity contribution in [2.45, 2.75) is 6.92 Å². The van der Waals surface area contributed by atoms with Crippen molar-refractivity contribution >= 4 is 28.3 Å². The highest BCUT2D eigenvalue weighted by Crippen LogP contribution is 2.13. The first-order chi connectivity index (χ1) is 3.70. The van der Waals surface area contributed by atoms with E-state index < -0.39 is 11.0 Å². The largest absolute Gasteiger partial charge is 0.230 e. The van der Waals surface area contributed by atoms with Crippen molar-refractivity contribution in [3.05, 3.63) is 10.4 Å². The van der Waals surface area contributed by atoms with Gasteiger partial charge in [-0.2, -0.15) is 4.40 Å². The second-order valence-corrected chi connectivity index (χ2v) is 2.80. The molecule has 0 saturated carbocycles. The fourth-order valence-corrected chi connectivity index (χ4v) is 1.47. The van der Waals surface area contributed by atoms with Gasteiger partial charge < -0.3 is 0 Å². The second kappa shape index (κ2) is 1.99. The molecule has 0 aromatic carbocycles. The number of nitrogens with zero attached hydrogens (tertiary/aromatic N) is 1. The quantitative estimate of drug-likeness (QED) is 0.509. The summed E-state index contributed by atoms with van der Waals surface area (Å²) < 4.78 is 14.1. The third kappa shape index (κ3) is 0.980. The fourth-order valence-electron chi connectivity index (χ4n) is 0.379. The highest BCUT2D eigenvalue weighted by Gasteiger charge is 2.07. The van der Waals surface area contributed by atoms with Crippen LogP contribution in [0, 0.1) is 0 Å². The van der Waals surface area contributed by atoms with E-state index in [1.165, 1.54) is 5.41 Å². The molecule has 1 heterocycles. The van der Waals surface area contributed by atoms with Gasteiger partial charge in [-0.05, 0) is 6.92 Å². The first-order valence-corrected chi connectivity index (χ1v) is 3.58. The Bertz CT molecular complexity index is 176. The van der Waals surface area contributed by atoms with E-state index in [0.717, 1.165) is 0 Å². The molecule has 44 valence electrons. The van der Waals surface area contributed by atoms with Crippen molar-refractivity contribution in [2.24, 2.45) is 4.40 Å². The molecule has 0 aromatic rings. The minimum Gasteiger partial charge on any atom is -0.230 e. The Kier molecular flexibility index (Phi) is 1.49. The minimum absolute atomic E-state index is 0.503. The SMILES string of the molecule is CC1=NS(=O)C=C1Cl. The highest BCUT2D eigenvalue weighted by molar-refractivity contribution is 7.87. The summed E-state index contributed by atoms with van der Waals surface area (Å²) in [6.07, 6.45) is 0. The van der Waals surface area contributed by atoms with Crippen LogP contribution in [0.2, 0.25) is 0 Å². The van der Waals surface area contributed by atoms with E-state index in [1.807, 2.05) is 0 Å². The normalized spacial score (nSPS) is 27.5. The third-order valence-electron chi connectivity index (χ3n) is 0.777. The summed E-state index contributed by atoms with van der Waals surface area (Å²) in [5, 5.41) is 1.92. The van der Waals surface area contributed by atoms with Crippen molar-refractivity contribution < 1.29 is 4.21 Å². The maximum Gasteiger partial charge on any atom is 0.166 e. The molecule has 0 aromatic heterocycles. The molecule has 0 radical (unpaired) electrons. The zero-order chi connectivity index (χ0) is 6.15. The molecule has 8 heavy (non-hydrogen) atoms. The van der Waals surface area contributed by atoms with Crippen LogP contribution in [0.5, 0.6) is 0 Å². The molecule has 4 heteroatoms. The maximum absolute atomic E-state index is 10.4. The van der Waals surface area contributed by atoms with Crippen LogP contribution in [-0.4, -0.2) is 9.92 Å². The van der Waals surface area contributed by atoms with Crippen LogP contribution < -0.4 is 0 Å². The van der Waals surface area contributed by atoms with E-state index in [9.17, 15) is 4.21 Å². The molecular formula is C4H4ClNOS. The van der Waals surface area contributed by atoms with Gasteiger partial charge in [0.2, 0.25) is 0 Å². The Balaban J connectivity index is 2.98. The third-order valence-corrected chi connectivity index (χ3v) is 2.18. The molecule has 0 spiro atoms. The molecule has 0 bridgehead atoms. The van der Waals surface area contributed by atoms with Crippen LogP contribution in [0.4, 0.5) is 0 Å². The number of rotatable bonds is 0. The number of halogens is 1. The van der Waals surface area contributed by atoms with E-state index in [0.29, 0.717) is 10.7 Å². The number of allylic oxidation sites excluding steroid dienone is 1. The van der Waals surface area contributed by atoms with Crippen LogP contribution in [0.3, 0.4) is 0 Å². The zero-order valence-corrected chi connectivity index (χ0v) is 5.79. The van der Waals surface area contributed by atoms with E-state index in [4.69, 9.17) is 11.6 Å². The maximum atomic E-state index is 10.4. The first kappa shape index (κ1) is 5.98. The van der Waals surface area contributed by atoms with Gasteiger partial charge in [-0.1, -0.05) is 11.6 Å². The fraction of sp³-hybridized carbons (Fsp3) is 0.250. The van der Waals surface area contributed by atoms with Crippen LogP contribution in [0.1, 0.15) is 6.92 Å². The van der Waals surface area contributed by atoms with Gasteiger partial charge in [-0.15, -0.1) is 0 Å². The predicted molar refractivity (Wildman–Crippen MR) is 35.2 cm³/mol. The molecule has 0 saturated heterocycles. The lowest BCUT2D eigenvalue weighted by molar-refractivity contribution is 0.690. The second-order valence-electron chi connectivity index (χ2n) is 1.42. The van der Waals surface area contributed by atoms with Gasteiger partial charge in [-0.3, -0.25) is 0 Å². The number of hydrogen-bond acceptors (Lipinski definition) is 1. The lowest BCUT2D eigenvalue weighted by Crippen LogP contribution is -1.81. The van der Waals surface area contributed by atoms with Gasteiger partial charge in [0.1, 0.15) is 0 Å². The smallest absolute Gasteiger partial charge is 0.166 e. The van der Waals surface area contributed by atoms with E-state index in [1.54, 1.807) is 6.92 Å². The molecule has 1 atom stereocenters. The van der Waals surface area contributed by atoms with Crippen LogP contribution in [0.25, 0.3) is 0 Å². The van der Waals surface area contributed by atoms with Gasteiger partial charge in [0.05, 0.1) is 10.7 Å². The molecule has 0 fully saturated rings. The standard InChI is InChI=1S/C4H4ClNOS/c1-3-4(5)2-8(7)6-3/h2H,1H3. The molecule has 0 amide bonds. The van der Waals surface area contributed by atoms with Crippen LogP contribution in [-0.2, 0) is 11.0 Å². The minimum atomic E-state index is -1.19. The summed E-state index contributed by atoms with van der Waals surface area (Å²) in [4.78, 5) is 0. The van der Waals surface area contributed by atoms with E-state index >= 15 is 0 Å². The van der Waals surface area contributed by atoms with Crippen LogP contribution in [0.15, 0.2) is 14.8 Å².